The van der Waals surface area contributed by atoms with E-state index in [4.69, 9.17) is 4.74 Å². The molecule has 0 aromatic carbocycles. The normalized spacial score (nSPS) is 21.2. The van der Waals surface area contributed by atoms with Crippen molar-refractivity contribution in [2.75, 3.05) is 33.4 Å². The Morgan fingerprint density at radius 2 is 2.16 bits per heavy atom. The minimum Gasteiger partial charge on any atom is -0.383 e. The minimum atomic E-state index is -3.43. The van der Waals surface area contributed by atoms with Gasteiger partial charge in [0.05, 0.1) is 6.61 Å². The highest BCUT2D eigenvalue weighted by molar-refractivity contribution is 7.87. The van der Waals surface area contributed by atoms with E-state index >= 15 is 0 Å². The van der Waals surface area contributed by atoms with Crippen molar-refractivity contribution in [3.63, 3.8) is 0 Å². The number of rotatable bonds is 8. The van der Waals surface area contributed by atoms with Crippen LogP contribution >= 0.6 is 0 Å². The molecule has 1 fully saturated rings. The molecule has 0 saturated carbocycles. The number of methoxy groups -OCH3 is 1. The van der Waals surface area contributed by atoms with Crippen LogP contribution in [-0.4, -0.2) is 58.2 Å². The third kappa shape index (κ3) is 5.74. The molecule has 0 bridgehead atoms. The van der Waals surface area contributed by atoms with Gasteiger partial charge in [0.25, 0.3) is 10.2 Å². The molecular weight excluding hydrogens is 266 g/mol. The lowest BCUT2D eigenvalue weighted by atomic mass is 10.1. The molecule has 0 spiro atoms. The van der Waals surface area contributed by atoms with Crippen LogP contribution in [0.25, 0.3) is 0 Å². The smallest absolute Gasteiger partial charge is 0.279 e. The Balaban J connectivity index is 2.59. The Bertz CT molecular complexity index is 340. The van der Waals surface area contributed by atoms with Crippen LogP contribution in [0.15, 0.2) is 0 Å². The van der Waals surface area contributed by atoms with Crippen molar-refractivity contribution >= 4 is 10.2 Å². The predicted molar refractivity (Wildman–Crippen MR) is 76.3 cm³/mol. The van der Waals surface area contributed by atoms with Crippen LogP contribution in [0.4, 0.5) is 0 Å². The summed E-state index contributed by atoms with van der Waals surface area (Å²) >= 11 is 0. The van der Waals surface area contributed by atoms with Gasteiger partial charge in [0.2, 0.25) is 0 Å². The van der Waals surface area contributed by atoms with Crippen LogP contribution in [0.1, 0.15) is 33.1 Å². The number of ether oxygens (including phenoxy) is 1. The Kier molecular flexibility index (Phi) is 7.23. The molecule has 114 valence electrons. The summed E-state index contributed by atoms with van der Waals surface area (Å²) < 4.78 is 33.5. The topological polar surface area (TPSA) is 70.7 Å². The van der Waals surface area contributed by atoms with Crippen LogP contribution in [0.3, 0.4) is 0 Å². The van der Waals surface area contributed by atoms with E-state index in [1.807, 2.05) is 13.8 Å². The van der Waals surface area contributed by atoms with Crippen LogP contribution in [0, 0.1) is 0 Å². The predicted octanol–water partition coefficient (Wildman–Crippen LogP) is 0.320. The van der Waals surface area contributed by atoms with Gasteiger partial charge >= 0.3 is 0 Å². The Morgan fingerprint density at radius 3 is 2.68 bits per heavy atom. The van der Waals surface area contributed by atoms with E-state index < -0.39 is 10.2 Å². The molecule has 1 aliphatic rings. The summed E-state index contributed by atoms with van der Waals surface area (Å²) in [4.78, 5) is 0. The number of hydrogen-bond donors (Lipinski definition) is 2. The molecule has 1 heterocycles. The zero-order valence-corrected chi connectivity index (χ0v) is 13.0. The van der Waals surface area contributed by atoms with Crippen molar-refractivity contribution in [1.82, 2.24) is 14.3 Å². The van der Waals surface area contributed by atoms with E-state index in [0.717, 1.165) is 13.0 Å². The van der Waals surface area contributed by atoms with Crippen LogP contribution in [0.2, 0.25) is 0 Å². The second-order valence-electron chi connectivity index (χ2n) is 5.20. The molecule has 1 unspecified atom stereocenters. The molecule has 0 aliphatic carbocycles. The van der Waals surface area contributed by atoms with Crippen molar-refractivity contribution in [1.29, 1.82) is 0 Å². The van der Waals surface area contributed by atoms with Crippen molar-refractivity contribution in [3.05, 3.63) is 0 Å². The summed E-state index contributed by atoms with van der Waals surface area (Å²) in [6, 6.07) is 0.207. The summed E-state index contributed by atoms with van der Waals surface area (Å²) in [5.74, 6) is 0. The molecule has 7 heteroatoms. The van der Waals surface area contributed by atoms with E-state index in [-0.39, 0.29) is 12.1 Å². The van der Waals surface area contributed by atoms with E-state index in [1.165, 1.54) is 17.1 Å². The van der Waals surface area contributed by atoms with Crippen LogP contribution in [0.5, 0.6) is 0 Å². The van der Waals surface area contributed by atoms with Crippen molar-refractivity contribution < 1.29 is 13.2 Å². The number of nitrogens with one attached hydrogen (secondary N) is 2. The molecule has 1 saturated heterocycles. The number of hydrogen-bond acceptors (Lipinski definition) is 4. The van der Waals surface area contributed by atoms with Gasteiger partial charge in [0, 0.05) is 32.3 Å². The van der Waals surface area contributed by atoms with E-state index in [0.29, 0.717) is 19.7 Å². The number of nitrogens with zero attached hydrogens (tertiary/aromatic N) is 1. The van der Waals surface area contributed by atoms with Crippen LogP contribution < -0.4 is 10.0 Å². The maximum absolute atomic E-state index is 12.3. The summed E-state index contributed by atoms with van der Waals surface area (Å²) in [7, 11) is -1.87. The zero-order chi connectivity index (χ0) is 14.3. The molecule has 0 aromatic rings. The molecule has 19 heavy (non-hydrogen) atoms. The molecule has 0 radical (unpaired) electrons. The van der Waals surface area contributed by atoms with Gasteiger partial charge in [-0.25, -0.2) is 0 Å². The fourth-order valence-corrected chi connectivity index (χ4v) is 3.68. The minimum absolute atomic E-state index is 0.0521. The molecule has 0 aromatic heterocycles. The maximum Gasteiger partial charge on any atom is 0.279 e. The highest BCUT2D eigenvalue weighted by atomic mass is 32.2. The summed E-state index contributed by atoms with van der Waals surface area (Å²) in [5, 5.41) is 3.39. The van der Waals surface area contributed by atoms with Crippen molar-refractivity contribution in [2.24, 2.45) is 0 Å². The van der Waals surface area contributed by atoms with Gasteiger partial charge in [0.1, 0.15) is 0 Å². The highest BCUT2D eigenvalue weighted by Gasteiger charge is 2.27. The first-order valence-corrected chi connectivity index (χ1v) is 8.40. The van der Waals surface area contributed by atoms with Crippen molar-refractivity contribution in [2.45, 2.75) is 45.2 Å². The Labute approximate surface area is 117 Å². The average Bonchev–Trinajstić information content (AvgIpc) is 2.37. The first-order chi connectivity index (χ1) is 8.97. The fraction of sp³-hybridized carbons (Fsp3) is 1.00. The van der Waals surface area contributed by atoms with Crippen LogP contribution in [-0.2, 0) is 14.9 Å². The molecule has 1 atom stereocenters. The fourth-order valence-electron chi connectivity index (χ4n) is 2.24. The first kappa shape index (κ1) is 16.8. The lowest BCUT2D eigenvalue weighted by molar-refractivity contribution is 0.203. The third-order valence-corrected chi connectivity index (χ3v) is 5.05. The second kappa shape index (κ2) is 8.16. The second-order valence-corrected chi connectivity index (χ2v) is 6.91. The molecule has 0 amide bonds. The molecule has 6 nitrogen and oxygen atoms in total. The summed E-state index contributed by atoms with van der Waals surface area (Å²) in [6.45, 7) is 6.00. The molecule has 1 aliphatic heterocycles. The molecule has 1 rings (SSSR count). The van der Waals surface area contributed by atoms with Gasteiger partial charge in [0.15, 0.2) is 0 Å². The monoisotopic (exact) mass is 293 g/mol. The van der Waals surface area contributed by atoms with Gasteiger partial charge in [-0.15, -0.1) is 0 Å². The SMILES string of the molecule is COCCNS(=O)(=O)N(CC1CCCCN1)C(C)C. The molecular formula is C12H27N3O3S. The maximum atomic E-state index is 12.3. The lowest BCUT2D eigenvalue weighted by Gasteiger charge is -2.32. The standard InChI is InChI=1S/C12H27N3O3S/c1-11(2)15(10-12-6-4-5-7-13-12)19(16,17)14-8-9-18-3/h11-14H,4-10H2,1-3H3. The summed E-state index contributed by atoms with van der Waals surface area (Å²) in [5.41, 5.74) is 0. The highest BCUT2D eigenvalue weighted by Crippen LogP contribution is 2.12. The van der Waals surface area contributed by atoms with Crippen molar-refractivity contribution in [3.8, 4) is 0 Å². The van der Waals surface area contributed by atoms with Gasteiger partial charge in [-0.1, -0.05) is 6.42 Å². The quantitative estimate of drug-likeness (QED) is 0.632. The summed E-state index contributed by atoms with van der Waals surface area (Å²) in [6.07, 6.45) is 3.38. The zero-order valence-electron chi connectivity index (χ0n) is 12.2. The van der Waals surface area contributed by atoms with E-state index in [1.54, 1.807) is 7.11 Å². The van der Waals surface area contributed by atoms with Gasteiger partial charge < -0.3 is 10.1 Å². The largest absolute Gasteiger partial charge is 0.383 e. The third-order valence-electron chi connectivity index (χ3n) is 3.29. The van der Waals surface area contributed by atoms with E-state index in [2.05, 4.69) is 10.0 Å². The van der Waals surface area contributed by atoms with Gasteiger partial charge in [-0.05, 0) is 33.2 Å². The number of piperidine rings is 1. The molecule has 2 N–H and O–H groups in total. The van der Waals surface area contributed by atoms with E-state index in [9.17, 15) is 8.42 Å². The van der Waals surface area contributed by atoms with Gasteiger partial charge in [-0.2, -0.15) is 17.4 Å². The Hall–Kier alpha value is -0.210. The average molecular weight is 293 g/mol. The van der Waals surface area contributed by atoms with Gasteiger partial charge in [-0.3, -0.25) is 0 Å². The Morgan fingerprint density at radius 1 is 1.42 bits per heavy atom. The first-order valence-electron chi connectivity index (χ1n) is 6.96. The lowest BCUT2D eigenvalue weighted by Crippen LogP contribution is -2.52.